The number of hydrogen-bond acceptors (Lipinski definition) is 1. The molecule has 2 rings (SSSR count). The fourth-order valence-corrected chi connectivity index (χ4v) is 1.68. The van der Waals surface area contributed by atoms with Crippen LogP contribution in [-0.4, -0.2) is 11.2 Å². The summed E-state index contributed by atoms with van der Waals surface area (Å²) >= 11 is 0. The predicted octanol–water partition coefficient (Wildman–Crippen LogP) is 0.777. The molecule has 0 unspecified atom stereocenters. The van der Waals surface area contributed by atoms with Crippen molar-refractivity contribution in [1.29, 1.82) is 0 Å². The van der Waals surface area contributed by atoms with E-state index < -0.39 is 0 Å². The minimum absolute atomic E-state index is 0.0729. The van der Waals surface area contributed by atoms with Crippen LogP contribution in [0.5, 0.6) is 0 Å². The molecule has 2 fully saturated rings. The molecule has 2 saturated carbocycles. The summed E-state index contributed by atoms with van der Waals surface area (Å²) in [5.41, 5.74) is 0. The van der Waals surface area contributed by atoms with Gasteiger partial charge in [-0.25, -0.2) is 0 Å². The van der Waals surface area contributed by atoms with Gasteiger partial charge in [0.1, 0.15) is 0 Å². The monoisotopic (exact) mass is 98.1 g/mol. The van der Waals surface area contributed by atoms with Gasteiger partial charge in [0.2, 0.25) is 0 Å². The van der Waals surface area contributed by atoms with E-state index in [2.05, 4.69) is 0 Å². The fraction of sp³-hybridized carbons (Fsp3) is 1.00. The van der Waals surface area contributed by atoms with Crippen molar-refractivity contribution in [3.05, 3.63) is 0 Å². The summed E-state index contributed by atoms with van der Waals surface area (Å²) in [6.45, 7) is 0. The topological polar surface area (TPSA) is 20.2 Å². The third-order valence-corrected chi connectivity index (χ3v) is 2.22. The minimum Gasteiger partial charge on any atom is -0.393 e. The highest BCUT2D eigenvalue weighted by Gasteiger charge is 2.44. The van der Waals surface area contributed by atoms with Crippen molar-refractivity contribution in [2.75, 3.05) is 0 Å². The quantitative estimate of drug-likeness (QED) is 0.474. The second kappa shape index (κ2) is 1.03. The first-order chi connectivity index (χ1) is 3.36. The van der Waals surface area contributed by atoms with E-state index in [9.17, 15) is 0 Å². The zero-order valence-electron chi connectivity index (χ0n) is 4.30. The minimum atomic E-state index is 0.0729. The van der Waals surface area contributed by atoms with Crippen LogP contribution in [0.1, 0.15) is 19.3 Å². The van der Waals surface area contributed by atoms with Crippen molar-refractivity contribution in [3.8, 4) is 0 Å². The molecule has 0 saturated heterocycles. The number of rotatable bonds is 0. The smallest absolute Gasteiger partial charge is 0.0545 e. The molecule has 0 spiro atoms. The van der Waals surface area contributed by atoms with Crippen LogP contribution in [-0.2, 0) is 0 Å². The van der Waals surface area contributed by atoms with Gasteiger partial charge in [-0.2, -0.15) is 0 Å². The van der Waals surface area contributed by atoms with Crippen LogP contribution in [0.4, 0.5) is 0 Å². The molecule has 40 valence electrons. The standard InChI is InChI=1S/C6H10O/c7-6-2-4-1-5(4)3-6/h4-7H,1-3H2/t4-,5+,6-. The van der Waals surface area contributed by atoms with E-state index >= 15 is 0 Å². The van der Waals surface area contributed by atoms with Gasteiger partial charge >= 0.3 is 0 Å². The first-order valence-electron chi connectivity index (χ1n) is 3.04. The highest BCUT2D eigenvalue weighted by Crippen LogP contribution is 2.51. The van der Waals surface area contributed by atoms with E-state index in [0.717, 1.165) is 24.7 Å². The molecular weight excluding hydrogens is 88.1 g/mol. The van der Waals surface area contributed by atoms with E-state index in [1.165, 1.54) is 6.42 Å². The lowest BCUT2D eigenvalue weighted by Gasteiger charge is -1.98. The van der Waals surface area contributed by atoms with Crippen LogP contribution in [0.15, 0.2) is 0 Å². The largest absolute Gasteiger partial charge is 0.393 e. The Hall–Kier alpha value is -0.0400. The molecule has 0 aromatic carbocycles. The van der Waals surface area contributed by atoms with Crippen LogP contribution in [0, 0.1) is 11.8 Å². The average Bonchev–Trinajstić information content (AvgIpc) is 2.15. The molecule has 1 heteroatoms. The summed E-state index contributed by atoms with van der Waals surface area (Å²) in [4.78, 5) is 0. The molecule has 0 heterocycles. The lowest BCUT2D eigenvalue weighted by Crippen LogP contribution is -2.00. The SMILES string of the molecule is O[C@H]1C[C@@H]2C[C@@H]2C1. The van der Waals surface area contributed by atoms with Crippen LogP contribution >= 0.6 is 0 Å². The lowest BCUT2D eigenvalue weighted by atomic mass is 10.2. The van der Waals surface area contributed by atoms with Gasteiger partial charge in [0, 0.05) is 0 Å². The third kappa shape index (κ3) is 0.480. The Morgan fingerprint density at radius 3 is 1.86 bits per heavy atom. The van der Waals surface area contributed by atoms with Gasteiger partial charge in [0.05, 0.1) is 6.10 Å². The van der Waals surface area contributed by atoms with Gasteiger partial charge in [-0.15, -0.1) is 0 Å². The molecule has 3 atom stereocenters. The van der Waals surface area contributed by atoms with Crippen molar-refractivity contribution in [2.45, 2.75) is 25.4 Å². The second-order valence-electron chi connectivity index (χ2n) is 2.88. The van der Waals surface area contributed by atoms with E-state index in [0.29, 0.717) is 0 Å². The van der Waals surface area contributed by atoms with Gasteiger partial charge in [-0.3, -0.25) is 0 Å². The molecule has 1 nitrogen and oxygen atoms in total. The van der Waals surface area contributed by atoms with Gasteiger partial charge < -0.3 is 5.11 Å². The molecule has 0 radical (unpaired) electrons. The maximum absolute atomic E-state index is 8.93. The van der Waals surface area contributed by atoms with Crippen LogP contribution < -0.4 is 0 Å². The van der Waals surface area contributed by atoms with Gasteiger partial charge in [0.15, 0.2) is 0 Å². The zero-order chi connectivity index (χ0) is 4.85. The molecule has 2 aliphatic carbocycles. The normalized spacial score (nSPS) is 57.0. The van der Waals surface area contributed by atoms with Crippen LogP contribution in [0.3, 0.4) is 0 Å². The summed E-state index contributed by atoms with van der Waals surface area (Å²) in [6, 6.07) is 0. The molecule has 7 heavy (non-hydrogen) atoms. The molecular formula is C6H10O. The Morgan fingerprint density at radius 2 is 1.57 bits per heavy atom. The maximum atomic E-state index is 8.93. The first kappa shape index (κ1) is 3.90. The summed E-state index contributed by atoms with van der Waals surface area (Å²) in [5, 5.41) is 8.93. The van der Waals surface area contributed by atoms with Crippen molar-refractivity contribution in [3.63, 3.8) is 0 Å². The highest BCUT2D eigenvalue weighted by atomic mass is 16.3. The Labute approximate surface area is 43.3 Å². The number of aliphatic hydroxyl groups excluding tert-OH is 1. The number of hydrogen-bond donors (Lipinski definition) is 1. The van der Waals surface area contributed by atoms with Crippen molar-refractivity contribution in [1.82, 2.24) is 0 Å². The van der Waals surface area contributed by atoms with Gasteiger partial charge in [0.25, 0.3) is 0 Å². The molecule has 0 aromatic heterocycles. The van der Waals surface area contributed by atoms with Gasteiger partial charge in [-0.1, -0.05) is 0 Å². The second-order valence-corrected chi connectivity index (χ2v) is 2.88. The Balaban J connectivity index is 2.02. The molecule has 0 bridgehead atoms. The third-order valence-electron chi connectivity index (χ3n) is 2.22. The molecule has 0 amide bonds. The fourth-order valence-electron chi connectivity index (χ4n) is 1.68. The van der Waals surface area contributed by atoms with Crippen molar-refractivity contribution >= 4 is 0 Å². The maximum Gasteiger partial charge on any atom is 0.0545 e. The summed E-state index contributed by atoms with van der Waals surface area (Å²) < 4.78 is 0. The van der Waals surface area contributed by atoms with E-state index in [-0.39, 0.29) is 6.10 Å². The highest BCUT2D eigenvalue weighted by molar-refractivity contribution is 4.95. The Bertz CT molecular complexity index is 80.2. The van der Waals surface area contributed by atoms with Gasteiger partial charge in [-0.05, 0) is 31.1 Å². The zero-order valence-corrected chi connectivity index (χ0v) is 4.30. The lowest BCUT2D eigenvalue weighted by molar-refractivity contribution is 0.168. The van der Waals surface area contributed by atoms with E-state index in [4.69, 9.17) is 5.11 Å². The molecule has 1 N–H and O–H groups in total. The average molecular weight is 98.1 g/mol. The number of aliphatic hydroxyl groups is 1. The number of fused-ring (bicyclic) bond motifs is 1. The molecule has 0 aromatic rings. The van der Waals surface area contributed by atoms with E-state index in [1.54, 1.807) is 0 Å². The Kier molecular flexibility index (Phi) is 0.571. The predicted molar refractivity (Wildman–Crippen MR) is 26.8 cm³/mol. The van der Waals surface area contributed by atoms with Crippen LogP contribution in [0.2, 0.25) is 0 Å². The molecule has 2 aliphatic rings. The first-order valence-corrected chi connectivity index (χ1v) is 3.04. The summed E-state index contributed by atoms with van der Waals surface area (Å²) in [6.07, 6.45) is 3.69. The van der Waals surface area contributed by atoms with E-state index in [1.807, 2.05) is 0 Å². The van der Waals surface area contributed by atoms with Crippen molar-refractivity contribution in [2.24, 2.45) is 11.8 Å². The van der Waals surface area contributed by atoms with Crippen LogP contribution in [0.25, 0.3) is 0 Å². The van der Waals surface area contributed by atoms with Crippen molar-refractivity contribution < 1.29 is 5.11 Å². The summed E-state index contributed by atoms with van der Waals surface area (Å²) in [7, 11) is 0. The molecule has 0 aliphatic heterocycles. The summed E-state index contributed by atoms with van der Waals surface area (Å²) in [5.74, 6) is 1.88. The Morgan fingerprint density at radius 1 is 1.00 bits per heavy atom.